The highest BCUT2D eigenvalue weighted by atomic mass is 19.1. The van der Waals surface area contributed by atoms with Crippen molar-refractivity contribution in [2.45, 2.75) is 13.8 Å². The number of carbonyl (C=O) groups excluding carboxylic acids is 2. The zero-order chi connectivity index (χ0) is 22.0. The number of aromatic nitrogens is 1. The van der Waals surface area contributed by atoms with Crippen molar-refractivity contribution in [2.24, 2.45) is 0 Å². The van der Waals surface area contributed by atoms with Crippen LogP contribution in [0.4, 0.5) is 10.1 Å². The van der Waals surface area contributed by atoms with Gasteiger partial charge in [0.15, 0.2) is 6.61 Å². The second kappa shape index (κ2) is 8.44. The quantitative estimate of drug-likeness (QED) is 0.456. The number of ether oxygens (including phenoxy) is 1. The Morgan fingerprint density at radius 2 is 1.68 bits per heavy atom. The molecule has 4 aromatic rings. The fraction of sp³-hybridized carbons (Fsp3) is 0.120. The molecular formula is C25H21FN2O3. The normalized spacial score (nSPS) is 10.8. The van der Waals surface area contributed by atoms with Gasteiger partial charge in [-0.3, -0.25) is 4.79 Å². The van der Waals surface area contributed by atoms with Gasteiger partial charge < -0.3 is 14.6 Å². The van der Waals surface area contributed by atoms with E-state index < -0.39 is 18.5 Å². The summed E-state index contributed by atoms with van der Waals surface area (Å²) in [5.74, 6) is -1.34. The lowest BCUT2D eigenvalue weighted by Crippen LogP contribution is -2.21. The van der Waals surface area contributed by atoms with Gasteiger partial charge in [-0.2, -0.15) is 0 Å². The van der Waals surface area contributed by atoms with Crippen LogP contribution in [-0.2, 0) is 9.53 Å². The van der Waals surface area contributed by atoms with Crippen LogP contribution in [0.2, 0.25) is 0 Å². The molecule has 1 aromatic heterocycles. The molecule has 1 N–H and O–H groups in total. The number of halogens is 1. The van der Waals surface area contributed by atoms with Gasteiger partial charge in [-0.25, -0.2) is 9.18 Å². The first-order valence-corrected chi connectivity index (χ1v) is 9.83. The van der Waals surface area contributed by atoms with Crippen LogP contribution in [0.15, 0.2) is 72.8 Å². The second-order valence-corrected chi connectivity index (χ2v) is 7.25. The van der Waals surface area contributed by atoms with Crippen molar-refractivity contribution in [2.75, 3.05) is 11.9 Å². The van der Waals surface area contributed by atoms with Gasteiger partial charge in [0.2, 0.25) is 0 Å². The van der Waals surface area contributed by atoms with Gasteiger partial charge >= 0.3 is 5.97 Å². The smallest absolute Gasteiger partial charge is 0.340 e. The van der Waals surface area contributed by atoms with Gasteiger partial charge in [0, 0.05) is 28.1 Å². The molecular weight excluding hydrogens is 395 g/mol. The number of carbonyl (C=O) groups is 2. The summed E-state index contributed by atoms with van der Waals surface area (Å²) in [7, 11) is 0. The lowest BCUT2D eigenvalue weighted by Gasteiger charge is -2.10. The highest BCUT2D eigenvalue weighted by Gasteiger charge is 2.19. The summed E-state index contributed by atoms with van der Waals surface area (Å²) in [6.45, 7) is 3.23. The molecule has 0 saturated heterocycles. The average Bonchev–Trinajstić information content (AvgIpc) is 3.07. The average molecular weight is 416 g/mol. The summed E-state index contributed by atoms with van der Waals surface area (Å²) in [4.78, 5) is 25.0. The molecule has 156 valence electrons. The molecule has 0 radical (unpaired) electrons. The van der Waals surface area contributed by atoms with Crippen molar-refractivity contribution in [3.8, 4) is 5.69 Å². The number of anilines is 1. The third-order valence-electron chi connectivity index (χ3n) is 5.13. The lowest BCUT2D eigenvalue weighted by atomic mass is 10.1. The van der Waals surface area contributed by atoms with Gasteiger partial charge in [0.05, 0.1) is 5.56 Å². The number of hydrogen-bond donors (Lipinski definition) is 1. The molecule has 31 heavy (non-hydrogen) atoms. The third kappa shape index (κ3) is 4.19. The van der Waals surface area contributed by atoms with E-state index >= 15 is 0 Å². The Labute approximate surface area is 179 Å². The molecule has 0 saturated carbocycles. The first kappa shape index (κ1) is 20.3. The summed E-state index contributed by atoms with van der Waals surface area (Å²) in [5, 5.41) is 4.71. The molecule has 0 bridgehead atoms. The van der Waals surface area contributed by atoms with Gasteiger partial charge in [0.25, 0.3) is 5.91 Å². The van der Waals surface area contributed by atoms with Crippen molar-refractivity contribution in [1.82, 2.24) is 4.57 Å². The second-order valence-electron chi connectivity index (χ2n) is 7.25. The number of nitrogens with one attached hydrogen (secondary N) is 1. The molecule has 6 heteroatoms. The van der Waals surface area contributed by atoms with Crippen LogP contribution >= 0.6 is 0 Å². The number of hydrogen-bond acceptors (Lipinski definition) is 3. The van der Waals surface area contributed by atoms with Crippen LogP contribution in [0.3, 0.4) is 0 Å². The van der Waals surface area contributed by atoms with E-state index in [1.165, 1.54) is 12.1 Å². The van der Waals surface area contributed by atoms with Crippen molar-refractivity contribution in [3.05, 3.63) is 95.6 Å². The number of esters is 1. The first-order valence-electron chi connectivity index (χ1n) is 9.83. The summed E-state index contributed by atoms with van der Waals surface area (Å²) >= 11 is 0. The monoisotopic (exact) mass is 416 g/mol. The van der Waals surface area contributed by atoms with E-state index in [1.54, 1.807) is 31.2 Å². The van der Waals surface area contributed by atoms with Crippen molar-refractivity contribution >= 4 is 28.3 Å². The van der Waals surface area contributed by atoms with Crippen LogP contribution in [0, 0.1) is 19.7 Å². The molecule has 0 unspecified atom stereocenters. The van der Waals surface area contributed by atoms with E-state index in [0.29, 0.717) is 16.9 Å². The molecule has 0 fully saturated rings. The number of aryl methyl sites for hydroxylation is 1. The highest BCUT2D eigenvalue weighted by Crippen LogP contribution is 2.24. The third-order valence-corrected chi connectivity index (χ3v) is 5.13. The Kier molecular flexibility index (Phi) is 5.54. The van der Waals surface area contributed by atoms with Crippen LogP contribution < -0.4 is 5.32 Å². The Hall–Kier alpha value is -3.93. The molecule has 3 aromatic carbocycles. The number of nitrogens with zero attached hydrogens (tertiary/aromatic N) is 1. The highest BCUT2D eigenvalue weighted by molar-refractivity contribution is 6.03. The number of benzene rings is 3. The molecule has 0 atom stereocenters. The van der Waals surface area contributed by atoms with Gasteiger partial charge in [0.1, 0.15) is 5.82 Å². The fourth-order valence-corrected chi connectivity index (χ4v) is 3.69. The largest absolute Gasteiger partial charge is 0.452 e. The van der Waals surface area contributed by atoms with Crippen LogP contribution in [0.1, 0.15) is 21.7 Å². The van der Waals surface area contributed by atoms with E-state index in [1.807, 2.05) is 47.9 Å². The molecule has 0 aliphatic rings. The minimum atomic E-state index is -0.588. The van der Waals surface area contributed by atoms with E-state index in [-0.39, 0.29) is 5.82 Å². The summed E-state index contributed by atoms with van der Waals surface area (Å²) in [6.07, 6.45) is 0. The van der Waals surface area contributed by atoms with Crippen molar-refractivity contribution in [1.29, 1.82) is 0 Å². The standard InChI is InChI=1S/C25H21FN2O3/c1-16-14-22(17(2)28(16)20-12-10-19(26)11-13-20)25(30)31-15-24(29)27-23-9-5-7-18-6-3-4-8-21(18)23/h3-14H,15H2,1-2H3,(H,27,29). The first-order chi connectivity index (χ1) is 14.9. The molecule has 0 aliphatic heterocycles. The van der Waals surface area contributed by atoms with E-state index in [4.69, 9.17) is 4.74 Å². The predicted molar refractivity (Wildman–Crippen MR) is 118 cm³/mol. The molecule has 0 spiro atoms. The fourth-order valence-electron chi connectivity index (χ4n) is 3.69. The summed E-state index contributed by atoms with van der Waals surface area (Å²) in [6, 6.07) is 21.0. The number of amides is 1. The molecule has 1 heterocycles. The van der Waals surface area contributed by atoms with Gasteiger partial charge in [-0.1, -0.05) is 36.4 Å². The summed E-state index contributed by atoms with van der Waals surface area (Å²) in [5.41, 5.74) is 3.22. The maximum atomic E-state index is 13.2. The van der Waals surface area contributed by atoms with Crippen LogP contribution in [0.25, 0.3) is 16.5 Å². The molecule has 5 nitrogen and oxygen atoms in total. The SMILES string of the molecule is Cc1cc(C(=O)OCC(=O)Nc2cccc3ccccc23)c(C)n1-c1ccc(F)cc1. The minimum Gasteiger partial charge on any atom is -0.452 e. The van der Waals surface area contributed by atoms with E-state index in [2.05, 4.69) is 5.32 Å². The Morgan fingerprint density at radius 3 is 2.45 bits per heavy atom. The van der Waals surface area contributed by atoms with Crippen molar-refractivity contribution in [3.63, 3.8) is 0 Å². The molecule has 4 rings (SSSR count). The van der Waals surface area contributed by atoms with Crippen LogP contribution in [0.5, 0.6) is 0 Å². The zero-order valence-corrected chi connectivity index (χ0v) is 17.2. The minimum absolute atomic E-state index is 0.331. The number of fused-ring (bicyclic) bond motifs is 1. The van der Waals surface area contributed by atoms with Crippen molar-refractivity contribution < 1.29 is 18.7 Å². The van der Waals surface area contributed by atoms with E-state index in [9.17, 15) is 14.0 Å². The number of rotatable bonds is 5. The maximum absolute atomic E-state index is 13.2. The molecule has 0 aliphatic carbocycles. The van der Waals surface area contributed by atoms with E-state index in [0.717, 1.165) is 22.2 Å². The Balaban J connectivity index is 1.46. The van der Waals surface area contributed by atoms with Gasteiger partial charge in [-0.15, -0.1) is 0 Å². The predicted octanol–water partition coefficient (Wildman–Crippen LogP) is 5.18. The van der Waals surface area contributed by atoms with Crippen LogP contribution in [-0.4, -0.2) is 23.1 Å². The maximum Gasteiger partial charge on any atom is 0.340 e. The topological polar surface area (TPSA) is 60.3 Å². The zero-order valence-electron chi connectivity index (χ0n) is 17.2. The Bertz CT molecular complexity index is 1270. The lowest BCUT2D eigenvalue weighted by molar-refractivity contribution is -0.119. The van der Waals surface area contributed by atoms with Gasteiger partial charge in [-0.05, 0) is 55.6 Å². The Morgan fingerprint density at radius 1 is 0.968 bits per heavy atom. The summed E-state index contributed by atoms with van der Waals surface area (Å²) < 4.78 is 20.3. The molecule has 1 amide bonds.